The van der Waals surface area contributed by atoms with Gasteiger partial charge in [-0.05, 0) is 187 Å². The SMILES string of the molecule is CC1(C)C=C(I)[C@@](O)([C@@]23C[C@@H]2CC[C@](C)(C(=O)OC(C)(C)C)C3=O)CC1.CC1(C)C=C(I)[C@](O)([C@]23C[C@H]2CC[C@@](C)(C(=O)OC(C)(C)C)C3=O)CC1. The van der Waals surface area contributed by atoms with Gasteiger partial charge >= 0.3 is 11.9 Å². The molecule has 52 heavy (non-hydrogen) atoms. The number of ether oxygens (including phenoxy) is 2. The Bertz CT molecular complexity index is 1500. The van der Waals surface area contributed by atoms with E-state index >= 15 is 0 Å². The first kappa shape index (κ1) is 42.3. The van der Waals surface area contributed by atoms with E-state index in [4.69, 9.17) is 9.47 Å². The van der Waals surface area contributed by atoms with E-state index in [1.165, 1.54) is 0 Å². The van der Waals surface area contributed by atoms with Crippen molar-refractivity contribution in [2.75, 3.05) is 0 Å². The third-order valence-corrected chi connectivity index (χ3v) is 15.7. The maximum atomic E-state index is 13.7. The first-order valence-electron chi connectivity index (χ1n) is 19.2. The number of hydrogen-bond donors (Lipinski definition) is 2. The normalized spacial score (nSPS) is 41.9. The van der Waals surface area contributed by atoms with Gasteiger partial charge in [-0.2, -0.15) is 0 Å². The summed E-state index contributed by atoms with van der Waals surface area (Å²) < 4.78 is 12.9. The van der Waals surface area contributed by atoms with Gasteiger partial charge in [0, 0.05) is 7.16 Å². The van der Waals surface area contributed by atoms with Crippen LogP contribution in [0, 0.1) is 44.3 Å². The average Bonchev–Trinajstić information content (AvgIpc) is 3.90. The predicted octanol–water partition coefficient (Wildman–Crippen LogP) is 9.15. The van der Waals surface area contributed by atoms with Crippen LogP contribution in [0.15, 0.2) is 19.3 Å². The van der Waals surface area contributed by atoms with Crippen molar-refractivity contribution >= 4 is 68.7 Å². The number of fused-ring (bicyclic) bond motifs is 2. The monoisotopic (exact) mass is 948 g/mol. The number of hydrogen-bond acceptors (Lipinski definition) is 8. The number of allylic oxidation sites excluding steroid dienone is 2. The summed E-state index contributed by atoms with van der Waals surface area (Å²) in [5.41, 5.74) is -7.47. The zero-order valence-electron chi connectivity index (χ0n) is 33.5. The first-order chi connectivity index (χ1) is 23.4. The molecule has 0 unspecified atom stereocenters. The predicted molar refractivity (Wildman–Crippen MR) is 218 cm³/mol. The third kappa shape index (κ3) is 6.83. The van der Waals surface area contributed by atoms with Crippen LogP contribution in [0.5, 0.6) is 0 Å². The molecule has 4 saturated carbocycles. The van der Waals surface area contributed by atoms with E-state index in [2.05, 4.69) is 85.0 Å². The van der Waals surface area contributed by atoms with Gasteiger partial charge in [-0.25, -0.2) is 0 Å². The maximum absolute atomic E-state index is 13.7. The van der Waals surface area contributed by atoms with E-state index in [0.29, 0.717) is 38.5 Å². The lowest BCUT2D eigenvalue weighted by atomic mass is 9.60. The van der Waals surface area contributed by atoms with Crippen molar-refractivity contribution in [3.05, 3.63) is 19.3 Å². The molecule has 0 saturated heterocycles. The molecule has 0 amide bonds. The molecule has 4 fully saturated rings. The van der Waals surface area contributed by atoms with Crippen LogP contribution in [-0.2, 0) is 28.7 Å². The zero-order chi connectivity index (χ0) is 39.5. The largest absolute Gasteiger partial charge is 0.459 e. The lowest BCUT2D eigenvalue weighted by Crippen LogP contribution is -2.57. The van der Waals surface area contributed by atoms with Gasteiger partial charge in [0.05, 0.1) is 10.8 Å². The van der Waals surface area contributed by atoms with Crippen molar-refractivity contribution in [2.45, 2.75) is 170 Å². The van der Waals surface area contributed by atoms with Crippen molar-refractivity contribution in [3.8, 4) is 0 Å². The smallest absolute Gasteiger partial charge is 0.319 e. The second-order valence-corrected chi connectivity index (χ2v) is 23.2. The van der Waals surface area contributed by atoms with Crippen molar-refractivity contribution in [3.63, 3.8) is 0 Å². The fourth-order valence-corrected chi connectivity index (χ4v) is 13.0. The van der Waals surface area contributed by atoms with Gasteiger partial charge in [0.1, 0.15) is 33.2 Å². The highest BCUT2D eigenvalue weighted by Crippen LogP contribution is 2.73. The fraction of sp³-hybridized carbons (Fsp3) is 0.810. The molecule has 0 spiro atoms. The number of esters is 2. The highest BCUT2D eigenvalue weighted by Gasteiger charge is 2.78. The van der Waals surface area contributed by atoms with Crippen molar-refractivity contribution in [1.29, 1.82) is 0 Å². The Kier molecular flexibility index (Phi) is 10.4. The van der Waals surface area contributed by atoms with Crippen LogP contribution in [0.3, 0.4) is 0 Å². The van der Waals surface area contributed by atoms with Crippen LogP contribution in [0.1, 0.15) is 147 Å². The third-order valence-electron chi connectivity index (χ3n) is 13.3. The Morgan fingerprint density at radius 1 is 0.615 bits per heavy atom. The van der Waals surface area contributed by atoms with Crippen LogP contribution >= 0.6 is 45.2 Å². The Labute approximate surface area is 338 Å². The first-order valence-corrected chi connectivity index (χ1v) is 21.3. The molecule has 0 heterocycles. The highest BCUT2D eigenvalue weighted by atomic mass is 127. The lowest BCUT2D eigenvalue weighted by molar-refractivity contribution is -0.178. The lowest BCUT2D eigenvalue weighted by Gasteiger charge is -2.47. The number of halogens is 2. The van der Waals surface area contributed by atoms with E-state index < -0.39 is 56.0 Å². The number of ketones is 2. The molecular weight excluding hydrogens is 886 g/mol. The van der Waals surface area contributed by atoms with E-state index in [0.717, 1.165) is 32.8 Å². The van der Waals surface area contributed by atoms with Crippen LogP contribution in [0.25, 0.3) is 0 Å². The fourth-order valence-electron chi connectivity index (χ4n) is 9.80. The van der Waals surface area contributed by atoms with Crippen LogP contribution in [-0.4, -0.2) is 56.1 Å². The van der Waals surface area contributed by atoms with Crippen LogP contribution in [0.2, 0.25) is 0 Å². The molecule has 0 aromatic heterocycles. The Morgan fingerprint density at radius 3 is 1.19 bits per heavy atom. The molecule has 0 bridgehead atoms. The maximum Gasteiger partial charge on any atom is 0.319 e. The molecule has 0 radical (unpaired) electrons. The van der Waals surface area contributed by atoms with Crippen molar-refractivity contribution < 1.29 is 38.9 Å². The van der Waals surface area contributed by atoms with E-state index in [-0.39, 0.29) is 34.2 Å². The van der Waals surface area contributed by atoms with E-state index in [1.54, 1.807) is 13.8 Å². The number of aliphatic hydroxyl groups is 2. The molecule has 8 nitrogen and oxygen atoms in total. The molecule has 0 aromatic carbocycles. The summed E-state index contributed by atoms with van der Waals surface area (Å²) in [4.78, 5) is 53.1. The van der Waals surface area contributed by atoms with Gasteiger partial charge in [0.25, 0.3) is 0 Å². The molecule has 10 heteroatoms. The Hall–Kier alpha value is -0.860. The second kappa shape index (κ2) is 12.8. The molecule has 0 aliphatic heterocycles. The van der Waals surface area contributed by atoms with Crippen LogP contribution < -0.4 is 0 Å². The number of Topliss-reactive ketones (excluding diaryl/α,β-unsaturated/α-hetero) is 2. The summed E-state index contributed by atoms with van der Waals surface area (Å²) in [7, 11) is 0. The molecule has 2 N–H and O–H groups in total. The van der Waals surface area contributed by atoms with Gasteiger partial charge in [-0.1, -0.05) is 39.8 Å². The number of rotatable bonds is 4. The summed E-state index contributed by atoms with van der Waals surface area (Å²) in [6, 6.07) is 0. The van der Waals surface area contributed by atoms with Crippen molar-refractivity contribution in [2.24, 2.45) is 44.3 Å². The summed E-state index contributed by atoms with van der Waals surface area (Å²) in [6.07, 6.45) is 11.0. The molecule has 6 rings (SSSR count). The van der Waals surface area contributed by atoms with Gasteiger partial charge in [0.15, 0.2) is 11.6 Å². The summed E-state index contributed by atoms with van der Waals surface area (Å²) in [5.74, 6) is -0.762. The molecular formula is C42H62I2O8. The minimum atomic E-state index is -1.17. The minimum Gasteiger partial charge on any atom is -0.459 e. The summed E-state index contributed by atoms with van der Waals surface area (Å²) >= 11 is 4.41. The van der Waals surface area contributed by atoms with Gasteiger partial charge in [-0.15, -0.1) is 0 Å². The number of carbonyl (C=O) groups is 4. The zero-order valence-corrected chi connectivity index (χ0v) is 37.8. The number of carbonyl (C=O) groups excluding carboxylic acids is 4. The summed E-state index contributed by atoms with van der Waals surface area (Å²) in [6.45, 7) is 23.0. The van der Waals surface area contributed by atoms with Crippen molar-refractivity contribution in [1.82, 2.24) is 0 Å². The average molecular weight is 949 g/mol. The quantitative estimate of drug-likeness (QED) is 0.162. The molecule has 0 aromatic rings. The van der Waals surface area contributed by atoms with Gasteiger partial charge in [-0.3, -0.25) is 19.2 Å². The highest BCUT2D eigenvalue weighted by molar-refractivity contribution is 14.1. The molecule has 292 valence electrons. The molecule has 8 atom stereocenters. The van der Waals surface area contributed by atoms with Gasteiger partial charge < -0.3 is 19.7 Å². The Balaban J connectivity index is 0.000000201. The van der Waals surface area contributed by atoms with Gasteiger partial charge in [0.2, 0.25) is 0 Å². The Morgan fingerprint density at radius 2 is 0.923 bits per heavy atom. The molecule has 6 aliphatic rings. The standard InChI is InChI=1S/2C21H31IO4/c2*1-17(2,3)26-16(24)19(6)8-7-13-11-20(13,15(19)23)21(25)10-9-18(4,5)12-14(21)22/h2*12-13,25H,7-11H2,1-6H3/t2*13-,19-,20-,21+/m10/s1. The topological polar surface area (TPSA) is 127 Å². The molecule has 6 aliphatic carbocycles. The van der Waals surface area contributed by atoms with E-state index in [1.807, 2.05) is 41.5 Å². The second-order valence-electron chi connectivity index (χ2n) is 20.8. The van der Waals surface area contributed by atoms with Crippen LogP contribution in [0.4, 0.5) is 0 Å². The minimum absolute atomic E-state index is 0.0238. The van der Waals surface area contributed by atoms with E-state index in [9.17, 15) is 29.4 Å². The summed E-state index contributed by atoms with van der Waals surface area (Å²) in [5, 5.41) is 23.3.